The van der Waals surface area contributed by atoms with Gasteiger partial charge in [0.25, 0.3) is 0 Å². The van der Waals surface area contributed by atoms with E-state index in [1.807, 2.05) is 39.0 Å². The van der Waals surface area contributed by atoms with Crippen molar-refractivity contribution in [1.82, 2.24) is 0 Å². The number of aryl methyl sites for hydroxylation is 2. The average molecular weight is 205 g/mol. The summed E-state index contributed by atoms with van der Waals surface area (Å²) in [6.45, 7) is 6.01. The quantitative estimate of drug-likeness (QED) is 0.818. The fraction of sp³-hybridized carbons (Fsp3) is 0.462. The fourth-order valence-electron chi connectivity index (χ4n) is 1.66. The maximum atomic E-state index is 11.7. The number of Topliss-reactive ketones (excluding diaryl/α,β-unsaturated/α-hetero) is 1. The lowest BCUT2D eigenvalue weighted by molar-refractivity contribution is -0.119. The van der Waals surface area contributed by atoms with Gasteiger partial charge in [0.05, 0.1) is 6.04 Å². The molecule has 0 heterocycles. The van der Waals surface area contributed by atoms with Crippen LogP contribution in [0.3, 0.4) is 0 Å². The first-order valence-corrected chi connectivity index (χ1v) is 5.39. The predicted octanol–water partition coefficient (Wildman–Crippen LogP) is 2.15. The van der Waals surface area contributed by atoms with E-state index in [0.29, 0.717) is 12.8 Å². The van der Waals surface area contributed by atoms with Crippen molar-refractivity contribution in [1.29, 1.82) is 0 Å². The Labute approximate surface area is 91.5 Å². The largest absolute Gasteiger partial charge is 0.322 e. The van der Waals surface area contributed by atoms with Crippen molar-refractivity contribution in [2.24, 2.45) is 5.73 Å². The lowest BCUT2D eigenvalue weighted by atomic mass is 9.95. The van der Waals surface area contributed by atoms with Crippen molar-refractivity contribution in [2.45, 2.75) is 39.7 Å². The van der Waals surface area contributed by atoms with E-state index in [1.165, 1.54) is 11.1 Å². The van der Waals surface area contributed by atoms with Gasteiger partial charge in [-0.15, -0.1) is 0 Å². The molecule has 82 valence electrons. The fourth-order valence-corrected chi connectivity index (χ4v) is 1.66. The van der Waals surface area contributed by atoms with Crippen LogP contribution in [0.2, 0.25) is 0 Å². The van der Waals surface area contributed by atoms with E-state index in [2.05, 4.69) is 0 Å². The molecular weight excluding hydrogens is 186 g/mol. The molecule has 0 bridgehead atoms. The maximum Gasteiger partial charge on any atom is 0.153 e. The van der Waals surface area contributed by atoms with Gasteiger partial charge in [-0.05, 0) is 37.0 Å². The van der Waals surface area contributed by atoms with Gasteiger partial charge in [0.1, 0.15) is 0 Å². The summed E-state index contributed by atoms with van der Waals surface area (Å²) >= 11 is 0. The molecule has 15 heavy (non-hydrogen) atoms. The first kappa shape index (κ1) is 11.9. The molecule has 0 radical (unpaired) electrons. The lowest BCUT2D eigenvalue weighted by Gasteiger charge is -2.11. The maximum absolute atomic E-state index is 11.7. The van der Waals surface area contributed by atoms with Gasteiger partial charge in [-0.25, -0.2) is 0 Å². The van der Waals surface area contributed by atoms with Gasteiger partial charge < -0.3 is 5.73 Å². The van der Waals surface area contributed by atoms with Gasteiger partial charge in [-0.2, -0.15) is 0 Å². The Morgan fingerprint density at radius 2 is 1.87 bits per heavy atom. The zero-order valence-electron chi connectivity index (χ0n) is 9.71. The molecule has 0 amide bonds. The molecule has 0 spiro atoms. The van der Waals surface area contributed by atoms with Crippen LogP contribution < -0.4 is 5.73 Å². The van der Waals surface area contributed by atoms with Crippen molar-refractivity contribution in [3.05, 3.63) is 34.9 Å². The summed E-state index contributed by atoms with van der Waals surface area (Å²) in [6.07, 6.45) is 1.18. The monoisotopic (exact) mass is 205 g/mol. The molecule has 1 atom stereocenters. The number of ketones is 1. The van der Waals surface area contributed by atoms with Crippen LogP contribution >= 0.6 is 0 Å². The SMILES string of the molecule is CCC(N)C(=O)Cc1c(C)cccc1C. The van der Waals surface area contributed by atoms with Crippen molar-refractivity contribution in [2.75, 3.05) is 0 Å². The Morgan fingerprint density at radius 1 is 1.33 bits per heavy atom. The minimum absolute atomic E-state index is 0.134. The topological polar surface area (TPSA) is 43.1 Å². The molecular formula is C13H19NO. The van der Waals surface area contributed by atoms with E-state index in [1.54, 1.807) is 0 Å². The highest BCUT2D eigenvalue weighted by molar-refractivity contribution is 5.86. The molecule has 1 aromatic carbocycles. The smallest absolute Gasteiger partial charge is 0.153 e. The third-order valence-electron chi connectivity index (χ3n) is 2.85. The molecule has 1 rings (SSSR count). The summed E-state index contributed by atoms with van der Waals surface area (Å²) < 4.78 is 0. The van der Waals surface area contributed by atoms with Gasteiger partial charge in [0, 0.05) is 6.42 Å². The minimum atomic E-state index is -0.316. The van der Waals surface area contributed by atoms with Crippen molar-refractivity contribution in [3.63, 3.8) is 0 Å². The number of carbonyl (C=O) groups is 1. The van der Waals surface area contributed by atoms with Gasteiger partial charge in [0.2, 0.25) is 0 Å². The molecule has 1 unspecified atom stereocenters. The summed E-state index contributed by atoms with van der Waals surface area (Å²) in [5.41, 5.74) is 9.19. The summed E-state index contributed by atoms with van der Waals surface area (Å²) in [4.78, 5) is 11.7. The number of rotatable bonds is 4. The van der Waals surface area contributed by atoms with E-state index in [0.717, 1.165) is 5.56 Å². The van der Waals surface area contributed by atoms with Crippen LogP contribution in [0, 0.1) is 13.8 Å². The normalized spacial score (nSPS) is 12.5. The Bertz CT molecular complexity index is 337. The van der Waals surface area contributed by atoms with Crippen molar-refractivity contribution in [3.8, 4) is 0 Å². The van der Waals surface area contributed by atoms with Crippen LogP contribution in [0.1, 0.15) is 30.0 Å². The molecule has 0 saturated carbocycles. The first-order chi connectivity index (χ1) is 7.06. The van der Waals surface area contributed by atoms with Crippen LogP contribution in [-0.2, 0) is 11.2 Å². The summed E-state index contributed by atoms with van der Waals surface area (Å²) in [6, 6.07) is 5.77. The molecule has 2 N–H and O–H groups in total. The number of benzene rings is 1. The van der Waals surface area contributed by atoms with Crippen molar-refractivity contribution < 1.29 is 4.79 Å². The van der Waals surface area contributed by atoms with Crippen LogP contribution in [0.15, 0.2) is 18.2 Å². The predicted molar refractivity (Wildman–Crippen MR) is 62.9 cm³/mol. The number of nitrogens with two attached hydrogens (primary N) is 1. The van der Waals surface area contributed by atoms with Crippen LogP contribution in [0.4, 0.5) is 0 Å². The molecule has 1 aromatic rings. The summed E-state index contributed by atoms with van der Waals surface area (Å²) in [7, 11) is 0. The molecule has 0 aromatic heterocycles. The van der Waals surface area contributed by atoms with E-state index >= 15 is 0 Å². The van der Waals surface area contributed by atoms with Crippen LogP contribution in [0.5, 0.6) is 0 Å². The third-order valence-corrected chi connectivity index (χ3v) is 2.85. The molecule has 0 aliphatic heterocycles. The van der Waals surface area contributed by atoms with E-state index in [-0.39, 0.29) is 11.8 Å². The Kier molecular flexibility index (Phi) is 4.04. The second-order valence-electron chi connectivity index (χ2n) is 4.03. The van der Waals surface area contributed by atoms with E-state index in [9.17, 15) is 4.79 Å². The zero-order chi connectivity index (χ0) is 11.4. The molecule has 0 aliphatic rings. The Hall–Kier alpha value is -1.15. The molecule has 0 fully saturated rings. The minimum Gasteiger partial charge on any atom is -0.322 e. The standard InChI is InChI=1S/C13H19NO/c1-4-12(14)13(15)8-11-9(2)6-5-7-10(11)3/h5-7,12H,4,8,14H2,1-3H3. The molecule has 2 heteroatoms. The highest BCUT2D eigenvalue weighted by Crippen LogP contribution is 2.14. The first-order valence-electron chi connectivity index (χ1n) is 5.39. The van der Waals surface area contributed by atoms with Crippen LogP contribution in [0.25, 0.3) is 0 Å². The Balaban J connectivity index is 2.85. The number of hydrogen-bond acceptors (Lipinski definition) is 2. The Morgan fingerprint density at radius 3 is 2.33 bits per heavy atom. The number of hydrogen-bond donors (Lipinski definition) is 1. The highest BCUT2D eigenvalue weighted by Gasteiger charge is 2.13. The molecule has 0 saturated heterocycles. The van der Waals surface area contributed by atoms with Gasteiger partial charge in [-0.3, -0.25) is 4.79 Å². The third kappa shape index (κ3) is 2.90. The molecule has 0 aliphatic carbocycles. The van der Waals surface area contributed by atoms with Gasteiger partial charge in [-0.1, -0.05) is 25.1 Å². The molecule has 2 nitrogen and oxygen atoms in total. The zero-order valence-corrected chi connectivity index (χ0v) is 9.71. The second kappa shape index (κ2) is 5.08. The van der Waals surface area contributed by atoms with Crippen molar-refractivity contribution >= 4 is 5.78 Å². The summed E-state index contributed by atoms with van der Waals surface area (Å²) in [5.74, 6) is 0.134. The lowest BCUT2D eigenvalue weighted by Crippen LogP contribution is -2.31. The average Bonchev–Trinajstić information content (AvgIpc) is 2.22. The van der Waals surface area contributed by atoms with Crippen LogP contribution in [-0.4, -0.2) is 11.8 Å². The van der Waals surface area contributed by atoms with E-state index in [4.69, 9.17) is 5.73 Å². The highest BCUT2D eigenvalue weighted by atomic mass is 16.1. The van der Waals surface area contributed by atoms with Gasteiger partial charge >= 0.3 is 0 Å². The number of carbonyl (C=O) groups excluding carboxylic acids is 1. The summed E-state index contributed by atoms with van der Waals surface area (Å²) in [5, 5.41) is 0. The van der Waals surface area contributed by atoms with Gasteiger partial charge in [0.15, 0.2) is 5.78 Å². The second-order valence-corrected chi connectivity index (χ2v) is 4.03. The van der Waals surface area contributed by atoms with E-state index < -0.39 is 0 Å².